The van der Waals surface area contributed by atoms with Crippen LogP contribution in [0, 0.1) is 11.6 Å². The van der Waals surface area contributed by atoms with Gasteiger partial charge in [-0.05, 0) is 32.4 Å². The van der Waals surface area contributed by atoms with Crippen molar-refractivity contribution in [2.45, 2.75) is 32.4 Å². The third-order valence-electron chi connectivity index (χ3n) is 2.81. The van der Waals surface area contributed by atoms with Crippen molar-refractivity contribution in [2.24, 2.45) is 0 Å². The zero-order valence-electron chi connectivity index (χ0n) is 10.9. The lowest BCUT2D eigenvalue weighted by atomic mass is 10.1. The zero-order chi connectivity index (χ0) is 13.7. The van der Waals surface area contributed by atoms with Gasteiger partial charge >= 0.3 is 0 Å². The Hall–Kier alpha value is -0.810. The molecule has 0 aliphatic heterocycles. The Balaban J connectivity index is 2.64. The first-order chi connectivity index (χ1) is 8.41. The summed E-state index contributed by atoms with van der Waals surface area (Å²) in [4.78, 5) is 0. The Kier molecular flexibility index (Phi) is 5.88. The number of hydrogen-bond donors (Lipinski definition) is 1. The van der Waals surface area contributed by atoms with E-state index in [9.17, 15) is 13.0 Å². The molecule has 0 amide bonds. The Morgan fingerprint density at radius 1 is 1.28 bits per heavy atom. The monoisotopic (exact) mass is 275 g/mol. The van der Waals surface area contributed by atoms with Gasteiger partial charge in [0.05, 0.1) is 0 Å². The van der Waals surface area contributed by atoms with E-state index in [1.165, 1.54) is 18.2 Å². The van der Waals surface area contributed by atoms with Crippen molar-refractivity contribution in [1.29, 1.82) is 0 Å². The lowest BCUT2D eigenvalue weighted by molar-refractivity contribution is 0.436. The van der Waals surface area contributed by atoms with Crippen molar-refractivity contribution in [3.05, 3.63) is 35.4 Å². The normalized spacial score (nSPS) is 16.3. The first-order valence-corrected chi connectivity index (χ1v) is 7.64. The molecule has 2 nitrogen and oxygen atoms in total. The van der Waals surface area contributed by atoms with E-state index in [1.54, 1.807) is 13.2 Å². The molecule has 3 atom stereocenters. The first kappa shape index (κ1) is 15.2. The molecule has 3 unspecified atom stereocenters. The van der Waals surface area contributed by atoms with Crippen LogP contribution in [-0.2, 0) is 10.8 Å². The van der Waals surface area contributed by atoms with Crippen LogP contribution in [0.2, 0.25) is 0 Å². The predicted molar refractivity (Wildman–Crippen MR) is 70.9 cm³/mol. The molecule has 18 heavy (non-hydrogen) atoms. The van der Waals surface area contributed by atoms with Crippen LogP contribution in [0.3, 0.4) is 0 Å². The fourth-order valence-corrected chi connectivity index (χ4v) is 2.55. The first-order valence-electron chi connectivity index (χ1n) is 5.91. The molecule has 0 radical (unpaired) electrons. The summed E-state index contributed by atoms with van der Waals surface area (Å²) < 4.78 is 38.0. The molecule has 0 aromatic heterocycles. The molecule has 0 saturated carbocycles. The largest absolute Gasteiger partial charge is 0.307 e. The van der Waals surface area contributed by atoms with Crippen LogP contribution in [0.25, 0.3) is 0 Å². The minimum Gasteiger partial charge on any atom is -0.307 e. The molecule has 5 heteroatoms. The van der Waals surface area contributed by atoms with Gasteiger partial charge < -0.3 is 5.32 Å². The Morgan fingerprint density at radius 2 is 1.83 bits per heavy atom. The molecule has 0 saturated heterocycles. The highest BCUT2D eigenvalue weighted by molar-refractivity contribution is 7.84. The van der Waals surface area contributed by atoms with Gasteiger partial charge in [-0.2, -0.15) is 0 Å². The second kappa shape index (κ2) is 6.95. The van der Waals surface area contributed by atoms with Gasteiger partial charge in [0.1, 0.15) is 11.6 Å². The molecule has 0 aliphatic carbocycles. The summed E-state index contributed by atoms with van der Waals surface area (Å²) in [6.45, 7) is 3.64. The highest BCUT2D eigenvalue weighted by Gasteiger charge is 2.17. The van der Waals surface area contributed by atoms with Crippen LogP contribution in [0.4, 0.5) is 8.78 Å². The molecule has 1 aromatic rings. The van der Waals surface area contributed by atoms with E-state index in [0.29, 0.717) is 12.2 Å². The SMILES string of the molecule is CC(CCS(C)=O)NC(C)c1c(F)cccc1F. The van der Waals surface area contributed by atoms with Gasteiger partial charge in [0, 0.05) is 40.5 Å². The van der Waals surface area contributed by atoms with Crippen LogP contribution in [0.1, 0.15) is 31.9 Å². The van der Waals surface area contributed by atoms with Gasteiger partial charge in [-0.25, -0.2) is 8.78 Å². The summed E-state index contributed by atoms with van der Waals surface area (Å²) >= 11 is 0. The Labute approximate surface area is 109 Å². The fourth-order valence-electron chi connectivity index (χ4n) is 1.86. The summed E-state index contributed by atoms with van der Waals surface area (Å²) in [5.74, 6) is -0.497. The van der Waals surface area contributed by atoms with Crippen molar-refractivity contribution in [1.82, 2.24) is 5.32 Å². The zero-order valence-corrected chi connectivity index (χ0v) is 11.7. The van der Waals surface area contributed by atoms with Crippen molar-refractivity contribution < 1.29 is 13.0 Å². The van der Waals surface area contributed by atoms with E-state index in [4.69, 9.17) is 0 Å². The molecule has 0 bridgehead atoms. The standard InChI is InChI=1S/C13H19F2NOS/c1-9(7-8-18(3)17)16-10(2)13-11(14)5-4-6-12(13)15/h4-6,9-10,16H,7-8H2,1-3H3. The van der Waals surface area contributed by atoms with Gasteiger partial charge in [0.25, 0.3) is 0 Å². The lowest BCUT2D eigenvalue weighted by Gasteiger charge is -2.21. The number of halogens is 2. The second-order valence-corrected chi connectivity index (χ2v) is 6.05. The maximum Gasteiger partial charge on any atom is 0.130 e. The van der Waals surface area contributed by atoms with Crippen LogP contribution in [0.15, 0.2) is 18.2 Å². The van der Waals surface area contributed by atoms with Crippen molar-refractivity contribution >= 4 is 10.8 Å². The molecular formula is C13H19F2NOS. The fraction of sp³-hybridized carbons (Fsp3) is 0.538. The molecule has 0 heterocycles. The molecule has 0 aliphatic rings. The van der Waals surface area contributed by atoms with Gasteiger partial charge in [0.2, 0.25) is 0 Å². The highest BCUT2D eigenvalue weighted by Crippen LogP contribution is 2.20. The summed E-state index contributed by atoms with van der Waals surface area (Å²) in [7, 11) is -0.842. The molecule has 1 rings (SSSR count). The Bertz CT molecular complexity index is 405. The highest BCUT2D eigenvalue weighted by atomic mass is 32.2. The van der Waals surface area contributed by atoms with Crippen LogP contribution >= 0.6 is 0 Å². The third-order valence-corrected chi connectivity index (χ3v) is 3.62. The quantitative estimate of drug-likeness (QED) is 0.865. The van der Waals surface area contributed by atoms with Gasteiger partial charge in [-0.15, -0.1) is 0 Å². The van der Waals surface area contributed by atoms with E-state index in [0.717, 1.165) is 0 Å². The number of rotatable bonds is 6. The number of benzene rings is 1. The maximum absolute atomic E-state index is 13.5. The topological polar surface area (TPSA) is 29.1 Å². The minimum absolute atomic E-state index is 0.0574. The maximum atomic E-state index is 13.5. The predicted octanol–water partition coefficient (Wildman–Crippen LogP) is 2.77. The van der Waals surface area contributed by atoms with Crippen LogP contribution in [-0.4, -0.2) is 22.3 Å². The number of hydrogen-bond acceptors (Lipinski definition) is 2. The molecule has 102 valence electrons. The summed E-state index contributed by atoms with van der Waals surface area (Å²) in [5, 5.41) is 3.12. The van der Waals surface area contributed by atoms with Gasteiger partial charge in [-0.1, -0.05) is 6.07 Å². The summed E-state index contributed by atoms with van der Waals surface area (Å²) in [5.41, 5.74) is 0.0574. The molecular weight excluding hydrogens is 256 g/mol. The minimum atomic E-state index is -0.842. The third kappa shape index (κ3) is 4.46. The van der Waals surface area contributed by atoms with E-state index >= 15 is 0 Å². The van der Waals surface area contributed by atoms with Crippen molar-refractivity contribution in [3.63, 3.8) is 0 Å². The summed E-state index contributed by atoms with van der Waals surface area (Å²) in [6, 6.07) is 3.50. The van der Waals surface area contributed by atoms with E-state index in [-0.39, 0.29) is 11.6 Å². The Morgan fingerprint density at radius 3 is 2.33 bits per heavy atom. The van der Waals surface area contributed by atoms with E-state index in [1.807, 2.05) is 6.92 Å². The smallest absolute Gasteiger partial charge is 0.130 e. The molecule has 0 spiro atoms. The molecule has 0 fully saturated rings. The summed E-state index contributed by atoms with van der Waals surface area (Å²) in [6.07, 6.45) is 2.36. The number of nitrogens with one attached hydrogen (secondary N) is 1. The molecule has 1 aromatic carbocycles. The van der Waals surface area contributed by atoms with Gasteiger partial charge in [0.15, 0.2) is 0 Å². The molecule has 1 N–H and O–H groups in total. The van der Waals surface area contributed by atoms with Gasteiger partial charge in [-0.3, -0.25) is 4.21 Å². The lowest BCUT2D eigenvalue weighted by Crippen LogP contribution is -2.31. The van der Waals surface area contributed by atoms with Crippen molar-refractivity contribution in [3.8, 4) is 0 Å². The van der Waals surface area contributed by atoms with Crippen LogP contribution < -0.4 is 5.32 Å². The second-order valence-electron chi connectivity index (χ2n) is 4.49. The van der Waals surface area contributed by atoms with E-state index < -0.39 is 28.5 Å². The van der Waals surface area contributed by atoms with Crippen molar-refractivity contribution in [2.75, 3.05) is 12.0 Å². The average molecular weight is 275 g/mol. The van der Waals surface area contributed by atoms with E-state index in [2.05, 4.69) is 5.32 Å². The van der Waals surface area contributed by atoms with Crippen LogP contribution in [0.5, 0.6) is 0 Å². The average Bonchev–Trinajstić information content (AvgIpc) is 2.26.